The molecule has 4 heteroatoms. The summed E-state index contributed by atoms with van der Waals surface area (Å²) in [5, 5.41) is 18.2. The van der Waals surface area contributed by atoms with Crippen LogP contribution in [0.2, 0.25) is 0 Å². The molecule has 0 saturated carbocycles. The van der Waals surface area contributed by atoms with Gasteiger partial charge >= 0.3 is 5.97 Å². The number of aryl methyl sites for hydroxylation is 1. The van der Waals surface area contributed by atoms with Crippen LogP contribution >= 0.6 is 0 Å². The second-order valence-electron chi connectivity index (χ2n) is 4.11. The molecule has 1 heterocycles. The maximum atomic E-state index is 10.8. The number of aromatic hydroxyl groups is 1. The summed E-state index contributed by atoms with van der Waals surface area (Å²) in [4.78, 5) is 10.8. The maximum absolute atomic E-state index is 10.8. The van der Waals surface area contributed by atoms with Gasteiger partial charge in [0.1, 0.15) is 17.6 Å². The predicted octanol–water partition coefficient (Wildman–Crippen LogP) is 1.81. The summed E-state index contributed by atoms with van der Waals surface area (Å²) in [6.45, 7) is 1.65. The fourth-order valence-electron chi connectivity index (χ4n) is 1.91. The Morgan fingerprint density at radius 1 is 1.56 bits per heavy atom. The average Bonchev–Trinajstić information content (AvgIpc) is 2.27. The number of carboxylic acid groups (broad SMARTS) is 1. The molecule has 0 saturated heterocycles. The summed E-state index contributed by atoms with van der Waals surface area (Å²) in [5.74, 6) is -0.455. The molecule has 1 aliphatic rings. The fourth-order valence-corrected chi connectivity index (χ4v) is 1.91. The van der Waals surface area contributed by atoms with Gasteiger partial charge in [-0.1, -0.05) is 0 Å². The molecule has 0 spiro atoms. The van der Waals surface area contributed by atoms with Crippen LogP contribution < -0.4 is 4.74 Å². The molecule has 1 aromatic rings. The maximum Gasteiger partial charge on any atom is 0.309 e. The second kappa shape index (κ2) is 4.04. The molecule has 4 nitrogen and oxygen atoms in total. The molecule has 0 bridgehead atoms. The number of carboxylic acids is 1. The van der Waals surface area contributed by atoms with E-state index >= 15 is 0 Å². The zero-order valence-electron chi connectivity index (χ0n) is 9.01. The molecule has 0 amide bonds. The van der Waals surface area contributed by atoms with Crippen molar-refractivity contribution in [3.8, 4) is 11.5 Å². The van der Waals surface area contributed by atoms with E-state index in [0.29, 0.717) is 12.2 Å². The van der Waals surface area contributed by atoms with Crippen LogP contribution in [0.4, 0.5) is 0 Å². The van der Waals surface area contributed by atoms with Gasteiger partial charge in [-0.2, -0.15) is 0 Å². The first kappa shape index (κ1) is 10.8. The van der Waals surface area contributed by atoms with Crippen LogP contribution in [-0.4, -0.2) is 22.3 Å². The molecule has 1 aliphatic heterocycles. The molecule has 2 unspecified atom stereocenters. The first-order chi connectivity index (χ1) is 7.58. The van der Waals surface area contributed by atoms with Crippen LogP contribution in [0.3, 0.4) is 0 Å². The smallest absolute Gasteiger partial charge is 0.309 e. The van der Waals surface area contributed by atoms with Crippen LogP contribution in [0, 0.1) is 5.92 Å². The van der Waals surface area contributed by atoms with Crippen molar-refractivity contribution in [3.63, 3.8) is 0 Å². The van der Waals surface area contributed by atoms with Gasteiger partial charge in [-0.15, -0.1) is 0 Å². The van der Waals surface area contributed by atoms with Gasteiger partial charge in [0.05, 0.1) is 5.92 Å². The van der Waals surface area contributed by atoms with E-state index in [1.54, 1.807) is 25.1 Å². The second-order valence-corrected chi connectivity index (χ2v) is 4.11. The van der Waals surface area contributed by atoms with E-state index in [9.17, 15) is 9.90 Å². The minimum absolute atomic E-state index is 0.215. The van der Waals surface area contributed by atoms with E-state index in [1.807, 2.05) is 0 Å². The quantitative estimate of drug-likeness (QED) is 0.800. The summed E-state index contributed by atoms with van der Waals surface area (Å²) in [6.07, 6.45) is 1.13. The molecule has 1 aromatic carbocycles. The normalized spacial score (nSPS) is 20.7. The van der Waals surface area contributed by atoms with Crippen LogP contribution in [-0.2, 0) is 11.2 Å². The molecular weight excluding hydrogens is 208 g/mol. The zero-order valence-corrected chi connectivity index (χ0v) is 9.01. The van der Waals surface area contributed by atoms with Crippen molar-refractivity contribution in [1.82, 2.24) is 0 Å². The number of benzene rings is 1. The summed E-state index contributed by atoms with van der Waals surface area (Å²) in [5.41, 5.74) is 0.939. The Morgan fingerprint density at radius 3 is 3.00 bits per heavy atom. The number of fused-ring (bicyclic) bond motifs is 1. The van der Waals surface area contributed by atoms with E-state index in [4.69, 9.17) is 9.84 Å². The SMILES string of the molecule is CC(C(=O)O)C1CCc2cc(O)ccc2O1. The highest BCUT2D eigenvalue weighted by atomic mass is 16.5. The highest BCUT2D eigenvalue weighted by Gasteiger charge is 2.29. The fraction of sp³-hybridized carbons (Fsp3) is 0.417. The Labute approximate surface area is 93.5 Å². The van der Waals surface area contributed by atoms with Crippen molar-refractivity contribution >= 4 is 5.97 Å². The summed E-state index contributed by atoms with van der Waals surface area (Å²) in [6, 6.07) is 4.90. The van der Waals surface area contributed by atoms with E-state index < -0.39 is 11.9 Å². The lowest BCUT2D eigenvalue weighted by Gasteiger charge is -2.28. The number of aliphatic carboxylic acids is 1. The first-order valence-corrected chi connectivity index (χ1v) is 5.29. The molecule has 0 fully saturated rings. The Kier molecular flexibility index (Phi) is 2.73. The molecule has 0 aromatic heterocycles. The van der Waals surface area contributed by atoms with Crippen LogP contribution in [0.1, 0.15) is 18.9 Å². The molecule has 2 N–H and O–H groups in total. The number of carbonyl (C=O) groups is 1. The van der Waals surface area contributed by atoms with Gasteiger partial charge in [0.2, 0.25) is 0 Å². The molecular formula is C12H14O4. The van der Waals surface area contributed by atoms with Gasteiger partial charge in [-0.25, -0.2) is 0 Å². The Bertz CT molecular complexity index is 413. The summed E-state index contributed by atoms with van der Waals surface area (Å²) in [7, 11) is 0. The van der Waals surface area contributed by atoms with E-state index in [0.717, 1.165) is 12.0 Å². The third-order valence-corrected chi connectivity index (χ3v) is 2.97. The summed E-state index contributed by atoms with van der Waals surface area (Å²) < 4.78 is 5.62. The molecule has 0 radical (unpaired) electrons. The first-order valence-electron chi connectivity index (χ1n) is 5.29. The highest BCUT2D eigenvalue weighted by Crippen LogP contribution is 2.32. The molecule has 0 aliphatic carbocycles. The van der Waals surface area contributed by atoms with Crippen molar-refractivity contribution in [3.05, 3.63) is 23.8 Å². The summed E-state index contributed by atoms with van der Waals surface area (Å²) >= 11 is 0. The van der Waals surface area contributed by atoms with Crippen molar-refractivity contribution in [1.29, 1.82) is 0 Å². The zero-order chi connectivity index (χ0) is 11.7. The molecule has 86 valence electrons. The third-order valence-electron chi connectivity index (χ3n) is 2.97. The average molecular weight is 222 g/mol. The van der Waals surface area contributed by atoms with Gasteiger partial charge in [0.25, 0.3) is 0 Å². The van der Waals surface area contributed by atoms with Crippen LogP contribution in [0.25, 0.3) is 0 Å². The number of hydrogen-bond acceptors (Lipinski definition) is 3. The van der Waals surface area contributed by atoms with Gasteiger partial charge in [0.15, 0.2) is 0 Å². The number of phenolic OH excluding ortho intramolecular Hbond substituents is 1. The lowest BCUT2D eigenvalue weighted by atomic mass is 9.94. The topological polar surface area (TPSA) is 66.8 Å². The molecule has 2 rings (SSSR count). The van der Waals surface area contributed by atoms with Gasteiger partial charge < -0.3 is 14.9 Å². The monoisotopic (exact) mass is 222 g/mol. The van der Waals surface area contributed by atoms with Crippen molar-refractivity contribution < 1.29 is 19.7 Å². The number of rotatable bonds is 2. The largest absolute Gasteiger partial charge is 0.508 e. The van der Waals surface area contributed by atoms with E-state index in [-0.39, 0.29) is 11.9 Å². The standard InChI is InChI=1S/C12H14O4/c1-7(12(14)15)10-4-2-8-6-9(13)3-5-11(8)16-10/h3,5-7,10,13H,2,4H2,1H3,(H,14,15). The van der Waals surface area contributed by atoms with Gasteiger partial charge in [-0.05, 0) is 43.5 Å². The Morgan fingerprint density at radius 2 is 2.31 bits per heavy atom. The minimum Gasteiger partial charge on any atom is -0.508 e. The molecule has 2 atom stereocenters. The number of hydrogen-bond donors (Lipinski definition) is 2. The number of phenols is 1. The highest BCUT2D eigenvalue weighted by molar-refractivity contribution is 5.70. The lowest BCUT2D eigenvalue weighted by Crippen LogP contribution is -2.33. The lowest BCUT2D eigenvalue weighted by molar-refractivity contribution is -0.144. The molecule has 16 heavy (non-hydrogen) atoms. The van der Waals surface area contributed by atoms with E-state index in [1.165, 1.54) is 0 Å². The minimum atomic E-state index is -0.841. The van der Waals surface area contributed by atoms with E-state index in [2.05, 4.69) is 0 Å². The van der Waals surface area contributed by atoms with Crippen molar-refractivity contribution in [2.24, 2.45) is 5.92 Å². The van der Waals surface area contributed by atoms with Crippen LogP contribution in [0.15, 0.2) is 18.2 Å². The van der Waals surface area contributed by atoms with Crippen molar-refractivity contribution in [2.75, 3.05) is 0 Å². The number of ether oxygens (including phenoxy) is 1. The van der Waals surface area contributed by atoms with Crippen molar-refractivity contribution in [2.45, 2.75) is 25.9 Å². The third kappa shape index (κ3) is 1.96. The predicted molar refractivity (Wildman–Crippen MR) is 57.6 cm³/mol. The van der Waals surface area contributed by atoms with Gasteiger partial charge in [-0.3, -0.25) is 4.79 Å². The van der Waals surface area contributed by atoms with Crippen LogP contribution in [0.5, 0.6) is 11.5 Å². The Balaban J connectivity index is 2.18. The van der Waals surface area contributed by atoms with Gasteiger partial charge in [0, 0.05) is 0 Å². The Hall–Kier alpha value is -1.71.